The first-order chi connectivity index (χ1) is 20.7. The zero-order valence-corrected chi connectivity index (χ0v) is 27.8. The normalized spacial score (nSPS) is 12.6. The summed E-state index contributed by atoms with van der Waals surface area (Å²) in [5.41, 5.74) is 7.32. The molecule has 4 amide bonds. The average molecular weight is 629 g/mol. The molecule has 4 N–H and O–H groups in total. The summed E-state index contributed by atoms with van der Waals surface area (Å²) in [4.78, 5) is 54.8. The van der Waals surface area contributed by atoms with Crippen molar-refractivity contribution in [3.05, 3.63) is 64.2 Å². The van der Waals surface area contributed by atoms with Gasteiger partial charge in [-0.05, 0) is 70.2 Å². The van der Waals surface area contributed by atoms with Gasteiger partial charge in [0.25, 0.3) is 5.91 Å². The molecular formula is C34H49ClN4O5. The number of para-hydroxylation sites is 1. The lowest BCUT2D eigenvalue weighted by atomic mass is 9.96. The molecule has 242 valence electrons. The van der Waals surface area contributed by atoms with Gasteiger partial charge in [0.15, 0.2) is 0 Å². The molecule has 44 heavy (non-hydrogen) atoms. The third kappa shape index (κ3) is 11.8. The Hall–Kier alpha value is -3.59. The molecule has 2 aromatic rings. The van der Waals surface area contributed by atoms with Crippen LogP contribution >= 0.6 is 11.6 Å². The first-order valence-electron chi connectivity index (χ1n) is 15.4. The second kappa shape index (κ2) is 17.6. The zero-order chi connectivity index (χ0) is 32.9. The lowest BCUT2D eigenvalue weighted by Gasteiger charge is -2.35. The van der Waals surface area contributed by atoms with Crippen molar-refractivity contribution < 1.29 is 23.9 Å². The Labute approximate surface area is 267 Å². The van der Waals surface area contributed by atoms with Gasteiger partial charge in [-0.2, -0.15) is 0 Å². The van der Waals surface area contributed by atoms with Gasteiger partial charge in [-0.1, -0.05) is 87.0 Å². The maximum Gasteiger partial charge on any atom is 0.408 e. The Balaban J connectivity index is 2.58. The number of primary amides is 1. The molecule has 9 nitrogen and oxygen atoms in total. The fourth-order valence-electron chi connectivity index (χ4n) is 4.95. The Morgan fingerprint density at radius 1 is 0.932 bits per heavy atom. The maximum atomic E-state index is 14.4. The molecule has 0 fully saturated rings. The van der Waals surface area contributed by atoms with Crippen LogP contribution in [-0.2, 0) is 19.1 Å². The smallest absolute Gasteiger partial charge is 0.408 e. The minimum absolute atomic E-state index is 0.0495. The average Bonchev–Trinajstić information content (AvgIpc) is 2.93. The Morgan fingerprint density at radius 2 is 1.57 bits per heavy atom. The van der Waals surface area contributed by atoms with Crippen LogP contribution in [0.15, 0.2) is 42.5 Å². The standard InChI is InChI=1S/C34H49ClN4O5/c1-7-8-9-10-11-14-22-39(32(42)27(20-21-28(36)40)37-33(43)44-34(4,5)6)30(25-18-13-12-16-23(25)2)31(41)38-29-24(3)17-15-19-26(29)35/h12-13,15-19,27,30H,7-11,14,20-22H2,1-6H3,(H2,36,40)(H,37,43)(H,38,41). The molecule has 0 spiro atoms. The fraction of sp³-hybridized carbons (Fsp3) is 0.529. The summed E-state index contributed by atoms with van der Waals surface area (Å²) in [6.07, 6.45) is 4.83. The number of amides is 4. The van der Waals surface area contributed by atoms with E-state index < -0.39 is 41.5 Å². The Kier molecular flexibility index (Phi) is 14.7. The molecule has 2 unspecified atom stereocenters. The molecule has 0 aromatic heterocycles. The Bertz CT molecular complexity index is 1260. The number of hydrogen-bond acceptors (Lipinski definition) is 5. The number of nitrogens with zero attached hydrogens (tertiary/aromatic N) is 1. The molecule has 0 heterocycles. The van der Waals surface area contributed by atoms with E-state index in [9.17, 15) is 19.2 Å². The summed E-state index contributed by atoms with van der Waals surface area (Å²) in [7, 11) is 0. The van der Waals surface area contributed by atoms with Crippen molar-refractivity contribution >= 4 is 41.1 Å². The minimum atomic E-state index is -1.15. The second-order valence-corrected chi connectivity index (χ2v) is 12.6. The number of nitrogens with two attached hydrogens (primary N) is 1. The lowest BCUT2D eigenvalue weighted by Crippen LogP contribution is -2.53. The highest BCUT2D eigenvalue weighted by molar-refractivity contribution is 6.34. The van der Waals surface area contributed by atoms with Crippen LogP contribution < -0.4 is 16.4 Å². The highest BCUT2D eigenvalue weighted by atomic mass is 35.5. The highest BCUT2D eigenvalue weighted by Crippen LogP contribution is 2.31. The van der Waals surface area contributed by atoms with Gasteiger partial charge in [-0.25, -0.2) is 4.79 Å². The number of benzene rings is 2. The van der Waals surface area contributed by atoms with Crippen LogP contribution in [0.1, 0.15) is 102 Å². The van der Waals surface area contributed by atoms with Gasteiger partial charge in [-0.15, -0.1) is 0 Å². The van der Waals surface area contributed by atoms with Crippen LogP contribution in [-0.4, -0.2) is 46.9 Å². The molecule has 2 atom stereocenters. The SMILES string of the molecule is CCCCCCCCN(C(=O)C(CCC(N)=O)NC(=O)OC(C)(C)C)C(C(=O)Nc1c(C)cccc1Cl)c1ccccc1C. The molecule has 0 radical (unpaired) electrons. The van der Waals surface area contributed by atoms with E-state index in [0.29, 0.717) is 22.7 Å². The molecule has 10 heteroatoms. The van der Waals surface area contributed by atoms with Crippen molar-refractivity contribution in [1.29, 1.82) is 0 Å². The number of hydrogen-bond donors (Lipinski definition) is 3. The first-order valence-corrected chi connectivity index (χ1v) is 15.8. The molecule has 0 saturated heterocycles. The summed E-state index contributed by atoms with van der Waals surface area (Å²) in [6, 6.07) is 10.5. The third-order valence-corrected chi connectivity index (χ3v) is 7.53. The number of aryl methyl sites for hydroxylation is 2. The molecule has 0 bridgehead atoms. The third-order valence-electron chi connectivity index (χ3n) is 7.22. The lowest BCUT2D eigenvalue weighted by molar-refractivity contribution is -0.141. The van der Waals surface area contributed by atoms with Gasteiger partial charge >= 0.3 is 6.09 Å². The predicted octanol–water partition coefficient (Wildman–Crippen LogP) is 6.98. The molecule has 0 aliphatic heterocycles. The van der Waals surface area contributed by atoms with Crippen LogP contribution in [0.3, 0.4) is 0 Å². The van der Waals surface area contributed by atoms with Crippen molar-refractivity contribution in [2.45, 2.75) is 111 Å². The van der Waals surface area contributed by atoms with Gasteiger partial charge in [0.1, 0.15) is 17.7 Å². The summed E-state index contributed by atoms with van der Waals surface area (Å²) >= 11 is 6.47. The Morgan fingerprint density at radius 3 is 2.18 bits per heavy atom. The van der Waals surface area contributed by atoms with Gasteiger partial charge in [0.05, 0.1) is 10.7 Å². The minimum Gasteiger partial charge on any atom is -0.444 e. The van der Waals surface area contributed by atoms with Gasteiger partial charge in [0.2, 0.25) is 11.8 Å². The number of anilines is 1. The number of rotatable bonds is 16. The first kappa shape index (κ1) is 36.6. The quantitative estimate of drug-likeness (QED) is 0.173. The monoisotopic (exact) mass is 628 g/mol. The molecular weight excluding hydrogens is 580 g/mol. The molecule has 0 aliphatic rings. The summed E-state index contributed by atoms with van der Waals surface area (Å²) < 4.78 is 5.43. The van der Waals surface area contributed by atoms with E-state index in [-0.39, 0.29) is 19.4 Å². The van der Waals surface area contributed by atoms with Crippen molar-refractivity contribution in [3.63, 3.8) is 0 Å². The van der Waals surface area contributed by atoms with E-state index in [1.54, 1.807) is 32.9 Å². The van der Waals surface area contributed by atoms with Crippen molar-refractivity contribution in [2.24, 2.45) is 5.73 Å². The number of carbonyl (C=O) groups is 4. The van der Waals surface area contributed by atoms with Crippen LogP contribution in [0.5, 0.6) is 0 Å². The van der Waals surface area contributed by atoms with E-state index in [0.717, 1.165) is 43.2 Å². The number of unbranched alkanes of at least 4 members (excludes halogenated alkanes) is 5. The molecule has 2 aromatic carbocycles. The van der Waals surface area contributed by atoms with E-state index in [1.807, 2.05) is 44.2 Å². The predicted molar refractivity (Wildman–Crippen MR) is 175 cm³/mol. The zero-order valence-electron chi connectivity index (χ0n) is 27.0. The van der Waals surface area contributed by atoms with Crippen molar-refractivity contribution in [3.8, 4) is 0 Å². The molecule has 0 aliphatic carbocycles. The maximum absolute atomic E-state index is 14.4. The number of ether oxygens (including phenoxy) is 1. The summed E-state index contributed by atoms with van der Waals surface area (Å²) in [5.74, 6) is -1.57. The van der Waals surface area contributed by atoms with Gasteiger partial charge in [0, 0.05) is 13.0 Å². The number of alkyl carbamates (subject to hydrolysis) is 1. The molecule has 2 rings (SSSR count). The largest absolute Gasteiger partial charge is 0.444 e. The van der Waals surface area contributed by atoms with E-state index in [1.165, 1.54) is 4.90 Å². The fourth-order valence-corrected chi connectivity index (χ4v) is 5.22. The summed E-state index contributed by atoms with van der Waals surface area (Å²) in [5, 5.41) is 5.99. The van der Waals surface area contributed by atoms with Crippen molar-refractivity contribution in [1.82, 2.24) is 10.2 Å². The topological polar surface area (TPSA) is 131 Å². The van der Waals surface area contributed by atoms with Crippen LogP contribution in [0.4, 0.5) is 10.5 Å². The summed E-state index contributed by atoms with van der Waals surface area (Å²) in [6.45, 7) is 11.3. The molecule has 0 saturated carbocycles. The highest BCUT2D eigenvalue weighted by Gasteiger charge is 2.37. The van der Waals surface area contributed by atoms with Gasteiger partial charge in [-0.3, -0.25) is 14.4 Å². The van der Waals surface area contributed by atoms with Gasteiger partial charge < -0.3 is 26.0 Å². The van der Waals surface area contributed by atoms with Crippen molar-refractivity contribution in [2.75, 3.05) is 11.9 Å². The number of nitrogens with one attached hydrogen (secondary N) is 2. The van der Waals surface area contributed by atoms with Crippen LogP contribution in [0.25, 0.3) is 0 Å². The van der Waals surface area contributed by atoms with Crippen LogP contribution in [0.2, 0.25) is 5.02 Å². The number of halogens is 1. The van der Waals surface area contributed by atoms with E-state index >= 15 is 0 Å². The van der Waals surface area contributed by atoms with Crippen LogP contribution in [0, 0.1) is 13.8 Å². The van der Waals surface area contributed by atoms with E-state index in [4.69, 9.17) is 22.1 Å². The second-order valence-electron chi connectivity index (χ2n) is 12.2. The van der Waals surface area contributed by atoms with E-state index in [2.05, 4.69) is 17.6 Å². The number of carbonyl (C=O) groups excluding carboxylic acids is 4.